The third-order valence-corrected chi connectivity index (χ3v) is 5.51. The molecule has 1 N–H and O–H groups in total. The van der Waals surface area contributed by atoms with Crippen LogP contribution in [-0.2, 0) is 14.6 Å². The number of hydrogen-bond acceptors (Lipinski definition) is 4. The first kappa shape index (κ1) is 13.9. The fraction of sp³-hybridized carbons (Fsp3) is 1.00. The van der Waals surface area contributed by atoms with Gasteiger partial charge in [-0.1, -0.05) is 6.92 Å². The van der Waals surface area contributed by atoms with Crippen LogP contribution in [0.25, 0.3) is 0 Å². The highest BCUT2D eigenvalue weighted by Crippen LogP contribution is 2.38. The van der Waals surface area contributed by atoms with Gasteiger partial charge in [0.25, 0.3) is 0 Å². The molecule has 1 heterocycles. The fourth-order valence-corrected chi connectivity index (χ4v) is 3.10. The molecule has 96 valence electrons. The van der Waals surface area contributed by atoms with Gasteiger partial charge in [-0.05, 0) is 26.2 Å². The number of ether oxygens (including phenoxy) is 1. The lowest BCUT2D eigenvalue weighted by Gasteiger charge is -2.29. The first-order valence-corrected chi connectivity index (χ1v) is 7.71. The summed E-state index contributed by atoms with van der Waals surface area (Å²) >= 11 is 0. The summed E-state index contributed by atoms with van der Waals surface area (Å²) in [7, 11) is -2.89. The van der Waals surface area contributed by atoms with Crippen LogP contribution in [0.2, 0.25) is 0 Å². The molecule has 1 aliphatic rings. The fourth-order valence-electron chi connectivity index (χ4n) is 2.22. The average Bonchev–Trinajstić information content (AvgIpc) is 2.61. The van der Waals surface area contributed by atoms with Gasteiger partial charge in [-0.2, -0.15) is 0 Å². The Kier molecular flexibility index (Phi) is 4.76. The molecule has 0 amide bonds. The Morgan fingerprint density at radius 1 is 1.50 bits per heavy atom. The van der Waals surface area contributed by atoms with Gasteiger partial charge in [0.15, 0.2) is 0 Å². The largest absolute Gasteiger partial charge is 0.396 e. The minimum Gasteiger partial charge on any atom is -0.396 e. The van der Waals surface area contributed by atoms with Crippen LogP contribution in [-0.4, -0.2) is 44.3 Å². The van der Waals surface area contributed by atoms with E-state index in [4.69, 9.17) is 4.74 Å². The molecule has 2 atom stereocenters. The van der Waals surface area contributed by atoms with E-state index >= 15 is 0 Å². The molecule has 0 aliphatic carbocycles. The second-order valence-electron chi connectivity index (χ2n) is 4.62. The molecule has 5 heteroatoms. The van der Waals surface area contributed by atoms with Gasteiger partial charge in [-0.15, -0.1) is 0 Å². The van der Waals surface area contributed by atoms with Gasteiger partial charge >= 0.3 is 0 Å². The predicted molar refractivity (Wildman–Crippen MR) is 63.1 cm³/mol. The van der Waals surface area contributed by atoms with Crippen LogP contribution in [0.15, 0.2) is 0 Å². The Balaban J connectivity index is 2.47. The van der Waals surface area contributed by atoms with E-state index < -0.39 is 9.84 Å². The predicted octanol–water partition coefficient (Wildman–Crippen LogP) is 0.989. The Morgan fingerprint density at radius 2 is 2.19 bits per heavy atom. The topological polar surface area (TPSA) is 63.6 Å². The van der Waals surface area contributed by atoms with Crippen molar-refractivity contribution in [3.63, 3.8) is 0 Å². The zero-order valence-corrected chi connectivity index (χ0v) is 10.9. The quantitative estimate of drug-likeness (QED) is 0.763. The first-order chi connectivity index (χ1) is 7.46. The van der Waals surface area contributed by atoms with Crippen molar-refractivity contribution in [3.05, 3.63) is 0 Å². The van der Waals surface area contributed by atoms with E-state index in [-0.39, 0.29) is 29.6 Å². The van der Waals surface area contributed by atoms with Crippen LogP contribution in [0.4, 0.5) is 0 Å². The molecule has 4 nitrogen and oxygen atoms in total. The maximum atomic E-state index is 11.4. The molecule has 0 saturated carbocycles. The summed E-state index contributed by atoms with van der Waals surface area (Å²) in [5.74, 6) is 0.420. The van der Waals surface area contributed by atoms with E-state index in [1.165, 1.54) is 0 Å². The van der Waals surface area contributed by atoms with E-state index in [9.17, 15) is 13.5 Å². The third kappa shape index (κ3) is 3.18. The molecule has 1 aliphatic heterocycles. The molecule has 0 bridgehead atoms. The van der Waals surface area contributed by atoms with Crippen molar-refractivity contribution in [1.82, 2.24) is 0 Å². The summed E-state index contributed by atoms with van der Waals surface area (Å²) in [6.45, 7) is 4.37. The van der Waals surface area contributed by atoms with Crippen LogP contribution in [0, 0.1) is 5.41 Å². The molecule has 0 aromatic heterocycles. The highest BCUT2D eigenvalue weighted by molar-refractivity contribution is 7.91. The van der Waals surface area contributed by atoms with Crippen LogP contribution >= 0.6 is 0 Å². The Labute approximate surface area is 97.9 Å². The maximum absolute atomic E-state index is 11.4. The normalized spacial score (nSPS) is 30.8. The van der Waals surface area contributed by atoms with Crippen LogP contribution in [0.1, 0.15) is 33.1 Å². The van der Waals surface area contributed by atoms with Gasteiger partial charge in [-0.3, -0.25) is 0 Å². The van der Waals surface area contributed by atoms with Gasteiger partial charge < -0.3 is 9.84 Å². The second-order valence-corrected chi connectivity index (χ2v) is 7.10. The Hall–Kier alpha value is -0.130. The summed E-state index contributed by atoms with van der Waals surface area (Å²) in [4.78, 5) is 0. The summed E-state index contributed by atoms with van der Waals surface area (Å²) in [5, 5.41) is 9.44. The molecule has 2 unspecified atom stereocenters. The van der Waals surface area contributed by atoms with Crippen molar-refractivity contribution in [2.75, 3.05) is 24.7 Å². The number of sulfone groups is 1. The molecule has 1 fully saturated rings. The molecular weight excluding hydrogens is 228 g/mol. The molecule has 0 aromatic carbocycles. The summed E-state index contributed by atoms with van der Waals surface area (Å²) in [6, 6.07) is 0. The lowest BCUT2D eigenvalue weighted by molar-refractivity contribution is 0.0215. The van der Waals surface area contributed by atoms with Crippen molar-refractivity contribution in [2.24, 2.45) is 5.41 Å². The Morgan fingerprint density at radius 3 is 2.62 bits per heavy atom. The average molecular weight is 250 g/mol. The van der Waals surface area contributed by atoms with Crippen molar-refractivity contribution >= 4 is 9.84 Å². The minimum atomic E-state index is -2.89. The number of hydrogen-bond donors (Lipinski definition) is 1. The zero-order chi connectivity index (χ0) is 12.2. The van der Waals surface area contributed by atoms with Crippen LogP contribution in [0.5, 0.6) is 0 Å². The van der Waals surface area contributed by atoms with Crippen molar-refractivity contribution in [2.45, 2.75) is 39.2 Å². The Bertz CT molecular complexity index is 312. The number of aliphatic hydroxyl groups is 1. The minimum absolute atomic E-state index is 0.0295. The molecule has 0 radical (unpaired) electrons. The first-order valence-electron chi connectivity index (χ1n) is 5.89. The smallest absolute Gasteiger partial charge is 0.150 e. The van der Waals surface area contributed by atoms with Gasteiger partial charge in [0.05, 0.1) is 18.5 Å². The summed E-state index contributed by atoms with van der Waals surface area (Å²) < 4.78 is 28.2. The number of aliphatic hydroxyl groups excluding tert-OH is 1. The summed E-state index contributed by atoms with van der Waals surface area (Å²) in [6.07, 6.45) is 2.20. The van der Waals surface area contributed by atoms with Gasteiger partial charge in [0, 0.05) is 17.8 Å². The lowest BCUT2D eigenvalue weighted by Crippen LogP contribution is -2.33. The molecule has 0 spiro atoms. The van der Waals surface area contributed by atoms with Crippen molar-refractivity contribution < 1.29 is 18.3 Å². The summed E-state index contributed by atoms with van der Waals surface area (Å²) in [5.41, 5.74) is -0.219. The molecule has 1 saturated heterocycles. The van der Waals surface area contributed by atoms with E-state index in [2.05, 4.69) is 0 Å². The van der Waals surface area contributed by atoms with Crippen LogP contribution in [0.3, 0.4) is 0 Å². The SMILES string of the molecule is CCS(=O)(=O)CCCC1(CO)CCOC1C. The van der Waals surface area contributed by atoms with Gasteiger partial charge in [0.2, 0.25) is 0 Å². The zero-order valence-electron chi connectivity index (χ0n) is 10.1. The van der Waals surface area contributed by atoms with E-state index in [1.807, 2.05) is 6.92 Å². The van der Waals surface area contributed by atoms with Crippen molar-refractivity contribution in [1.29, 1.82) is 0 Å². The molecular formula is C11H22O4S. The van der Waals surface area contributed by atoms with E-state index in [1.54, 1.807) is 6.92 Å². The molecule has 16 heavy (non-hydrogen) atoms. The maximum Gasteiger partial charge on any atom is 0.150 e. The monoisotopic (exact) mass is 250 g/mol. The van der Waals surface area contributed by atoms with Crippen LogP contribution < -0.4 is 0 Å². The number of rotatable bonds is 6. The van der Waals surface area contributed by atoms with E-state index in [0.717, 1.165) is 12.8 Å². The van der Waals surface area contributed by atoms with Gasteiger partial charge in [0.1, 0.15) is 9.84 Å². The molecule has 0 aromatic rings. The van der Waals surface area contributed by atoms with E-state index in [0.29, 0.717) is 13.0 Å². The van der Waals surface area contributed by atoms with Gasteiger partial charge in [-0.25, -0.2) is 8.42 Å². The van der Waals surface area contributed by atoms with Crippen molar-refractivity contribution in [3.8, 4) is 0 Å². The highest BCUT2D eigenvalue weighted by Gasteiger charge is 2.40. The highest BCUT2D eigenvalue weighted by atomic mass is 32.2. The second kappa shape index (κ2) is 5.47. The standard InChI is InChI=1S/C11H22O4S/c1-3-16(13,14)8-4-5-11(9-12)6-7-15-10(11)2/h10,12H,3-9H2,1-2H3. The molecule has 1 rings (SSSR count). The lowest BCUT2D eigenvalue weighted by atomic mass is 9.78. The third-order valence-electron chi connectivity index (χ3n) is 3.71.